The zero-order chi connectivity index (χ0) is 12.5. The Morgan fingerprint density at radius 2 is 2.22 bits per heavy atom. The van der Waals surface area contributed by atoms with E-state index in [0.717, 1.165) is 0 Å². The first-order valence-corrected chi connectivity index (χ1v) is 5.26. The molecule has 0 aliphatic carbocycles. The molecule has 1 N–H and O–H groups in total. The number of pyridine rings is 1. The van der Waals surface area contributed by atoms with Gasteiger partial charge in [0.2, 0.25) is 5.56 Å². The van der Waals surface area contributed by atoms with Gasteiger partial charge in [-0.25, -0.2) is 9.50 Å². The van der Waals surface area contributed by atoms with Crippen molar-refractivity contribution in [3.05, 3.63) is 52.7 Å². The molecule has 0 saturated heterocycles. The second-order valence-corrected chi connectivity index (χ2v) is 3.72. The number of carbonyl (C=O) groups excluding carboxylic acids is 1. The van der Waals surface area contributed by atoms with Gasteiger partial charge in [-0.3, -0.25) is 9.59 Å². The van der Waals surface area contributed by atoms with Crippen LogP contribution in [-0.4, -0.2) is 25.9 Å². The van der Waals surface area contributed by atoms with Gasteiger partial charge in [0.25, 0.3) is 0 Å². The lowest BCUT2D eigenvalue weighted by Gasteiger charge is -2.03. The minimum absolute atomic E-state index is 0.194. The molecule has 0 spiro atoms. The Hall–Kier alpha value is -2.76. The van der Waals surface area contributed by atoms with Crippen molar-refractivity contribution >= 4 is 11.9 Å². The van der Waals surface area contributed by atoms with E-state index >= 15 is 0 Å². The highest BCUT2D eigenvalue weighted by Gasteiger charge is 2.09. The van der Waals surface area contributed by atoms with Gasteiger partial charge in [0.1, 0.15) is 0 Å². The molecule has 3 aromatic heterocycles. The van der Waals surface area contributed by atoms with Crippen LogP contribution in [0, 0.1) is 0 Å². The van der Waals surface area contributed by atoms with Crippen LogP contribution in [0.25, 0.3) is 16.9 Å². The Labute approximate surface area is 101 Å². The van der Waals surface area contributed by atoms with E-state index in [4.69, 9.17) is 0 Å². The topological polar surface area (TPSA) is 80.1 Å². The molecule has 0 bridgehead atoms. The van der Waals surface area contributed by atoms with Crippen LogP contribution in [0.5, 0.6) is 0 Å². The van der Waals surface area contributed by atoms with Gasteiger partial charge in [-0.1, -0.05) is 0 Å². The summed E-state index contributed by atoms with van der Waals surface area (Å²) in [6.07, 6.45) is 5.30. The standard InChI is InChI=1S/C12H8N4O2/c17-7-9-6-15-16-10(2-4-14-12(9)16)8-1-3-13-11(18)5-8/h1-7H,(H,13,18). The summed E-state index contributed by atoms with van der Waals surface area (Å²) in [5.74, 6) is 0. The number of rotatable bonds is 2. The van der Waals surface area contributed by atoms with E-state index < -0.39 is 0 Å². The van der Waals surface area contributed by atoms with Crippen molar-refractivity contribution in [2.24, 2.45) is 0 Å². The summed E-state index contributed by atoms with van der Waals surface area (Å²) in [4.78, 5) is 28.8. The molecule has 6 nitrogen and oxygen atoms in total. The average molecular weight is 240 g/mol. The summed E-state index contributed by atoms with van der Waals surface area (Å²) in [6.45, 7) is 0. The summed E-state index contributed by atoms with van der Waals surface area (Å²) in [5.41, 5.74) is 2.12. The van der Waals surface area contributed by atoms with Crippen LogP contribution < -0.4 is 5.56 Å². The fraction of sp³-hybridized carbons (Fsp3) is 0. The maximum Gasteiger partial charge on any atom is 0.248 e. The quantitative estimate of drug-likeness (QED) is 0.675. The third-order valence-electron chi connectivity index (χ3n) is 2.63. The third kappa shape index (κ3) is 1.51. The maximum absolute atomic E-state index is 11.3. The Bertz CT molecular complexity index is 788. The first-order valence-electron chi connectivity index (χ1n) is 5.26. The third-order valence-corrected chi connectivity index (χ3v) is 2.63. The second-order valence-electron chi connectivity index (χ2n) is 3.72. The summed E-state index contributed by atoms with van der Waals surface area (Å²) >= 11 is 0. The largest absolute Gasteiger partial charge is 0.329 e. The lowest BCUT2D eigenvalue weighted by Crippen LogP contribution is -2.04. The zero-order valence-corrected chi connectivity index (χ0v) is 9.20. The van der Waals surface area contributed by atoms with Crippen molar-refractivity contribution in [1.29, 1.82) is 0 Å². The van der Waals surface area contributed by atoms with Crippen molar-refractivity contribution in [2.45, 2.75) is 0 Å². The maximum atomic E-state index is 11.3. The van der Waals surface area contributed by atoms with Crippen LogP contribution in [-0.2, 0) is 0 Å². The SMILES string of the molecule is O=Cc1cnn2c(-c3cc[nH]c(=O)c3)ccnc12. The number of carbonyl (C=O) groups is 1. The van der Waals surface area contributed by atoms with E-state index in [-0.39, 0.29) is 5.56 Å². The van der Waals surface area contributed by atoms with Crippen LogP contribution >= 0.6 is 0 Å². The Morgan fingerprint density at radius 1 is 1.33 bits per heavy atom. The van der Waals surface area contributed by atoms with Crippen LogP contribution in [0.2, 0.25) is 0 Å². The molecular formula is C12H8N4O2. The number of hydrogen-bond acceptors (Lipinski definition) is 4. The van der Waals surface area contributed by atoms with Crippen molar-refractivity contribution in [1.82, 2.24) is 19.6 Å². The van der Waals surface area contributed by atoms with Gasteiger partial charge in [-0.15, -0.1) is 0 Å². The van der Waals surface area contributed by atoms with Crippen molar-refractivity contribution in [3.8, 4) is 11.3 Å². The predicted octanol–water partition coefficient (Wildman–Crippen LogP) is 0.897. The molecule has 88 valence electrons. The van der Waals surface area contributed by atoms with E-state index in [1.807, 2.05) is 0 Å². The molecule has 0 radical (unpaired) electrons. The first kappa shape index (κ1) is 10.4. The molecule has 6 heteroatoms. The fourth-order valence-electron chi connectivity index (χ4n) is 1.81. The molecule has 3 rings (SSSR count). The summed E-state index contributed by atoms with van der Waals surface area (Å²) in [6, 6.07) is 4.97. The van der Waals surface area contributed by atoms with E-state index in [9.17, 15) is 9.59 Å². The highest BCUT2D eigenvalue weighted by molar-refractivity contribution is 5.84. The van der Waals surface area contributed by atoms with Crippen LogP contribution in [0.3, 0.4) is 0 Å². The lowest BCUT2D eigenvalue weighted by atomic mass is 10.2. The second kappa shape index (κ2) is 3.92. The number of aromatic amines is 1. The summed E-state index contributed by atoms with van der Waals surface area (Å²) < 4.78 is 1.54. The molecular weight excluding hydrogens is 232 g/mol. The predicted molar refractivity (Wildman–Crippen MR) is 64.4 cm³/mol. The zero-order valence-electron chi connectivity index (χ0n) is 9.20. The van der Waals surface area contributed by atoms with Crippen LogP contribution in [0.4, 0.5) is 0 Å². The van der Waals surface area contributed by atoms with Gasteiger partial charge in [0.05, 0.1) is 17.5 Å². The number of H-pyrrole nitrogens is 1. The fourth-order valence-corrected chi connectivity index (χ4v) is 1.81. The molecule has 0 saturated carbocycles. The molecule has 0 aromatic carbocycles. The highest BCUT2D eigenvalue weighted by Crippen LogP contribution is 2.18. The number of aromatic nitrogens is 4. The van der Waals surface area contributed by atoms with Crippen LogP contribution in [0.1, 0.15) is 10.4 Å². The number of hydrogen-bond donors (Lipinski definition) is 1. The highest BCUT2D eigenvalue weighted by atomic mass is 16.1. The van der Waals surface area contributed by atoms with Gasteiger partial charge >= 0.3 is 0 Å². The molecule has 0 aliphatic rings. The van der Waals surface area contributed by atoms with E-state index in [1.165, 1.54) is 12.3 Å². The Morgan fingerprint density at radius 3 is 3.00 bits per heavy atom. The van der Waals surface area contributed by atoms with Gasteiger partial charge in [0.15, 0.2) is 11.9 Å². The molecule has 0 unspecified atom stereocenters. The van der Waals surface area contributed by atoms with Crippen LogP contribution in [0.15, 0.2) is 41.6 Å². The van der Waals surface area contributed by atoms with Gasteiger partial charge in [0, 0.05) is 24.0 Å². The van der Waals surface area contributed by atoms with E-state index in [2.05, 4.69) is 15.1 Å². The molecule has 0 amide bonds. The molecule has 0 fully saturated rings. The van der Waals surface area contributed by atoms with Crippen molar-refractivity contribution in [3.63, 3.8) is 0 Å². The minimum Gasteiger partial charge on any atom is -0.329 e. The van der Waals surface area contributed by atoms with Gasteiger partial charge < -0.3 is 4.98 Å². The smallest absolute Gasteiger partial charge is 0.248 e. The minimum atomic E-state index is -0.194. The van der Waals surface area contributed by atoms with E-state index in [1.54, 1.807) is 29.0 Å². The molecule has 0 atom stereocenters. The number of aldehydes is 1. The van der Waals surface area contributed by atoms with Gasteiger partial charge in [-0.05, 0) is 12.1 Å². The summed E-state index contributed by atoms with van der Waals surface area (Å²) in [7, 11) is 0. The van der Waals surface area contributed by atoms with E-state index in [0.29, 0.717) is 28.8 Å². The number of nitrogens with zero attached hydrogens (tertiary/aromatic N) is 3. The van der Waals surface area contributed by atoms with Crippen molar-refractivity contribution in [2.75, 3.05) is 0 Å². The lowest BCUT2D eigenvalue weighted by molar-refractivity contribution is 0.112. The molecule has 3 heterocycles. The van der Waals surface area contributed by atoms with Gasteiger partial charge in [-0.2, -0.15) is 5.10 Å². The Kier molecular flexibility index (Phi) is 2.26. The number of fused-ring (bicyclic) bond motifs is 1. The molecule has 3 aromatic rings. The molecule has 0 aliphatic heterocycles. The monoisotopic (exact) mass is 240 g/mol. The average Bonchev–Trinajstić information content (AvgIpc) is 2.81. The van der Waals surface area contributed by atoms with Crippen molar-refractivity contribution < 1.29 is 4.79 Å². The number of nitrogens with one attached hydrogen (secondary N) is 1. The molecule has 18 heavy (non-hydrogen) atoms. The first-order chi connectivity index (χ1) is 8.79. The normalized spacial score (nSPS) is 10.7. The summed E-state index contributed by atoms with van der Waals surface area (Å²) in [5, 5.41) is 4.11. The Balaban J connectivity index is 2.33.